The molecule has 0 aromatic carbocycles. The van der Waals surface area contributed by atoms with Gasteiger partial charge in [-0.05, 0) is 6.42 Å². The molecule has 0 rings (SSSR count). The summed E-state index contributed by atoms with van der Waals surface area (Å²) in [6.07, 6.45) is 7.18. The quantitative estimate of drug-likeness (QED) is 0.319. The summed E-state index contributed by atoms with van der Waals surface area (Å²) in [5.41, 5.74) is 4.99. The Bertz CT molecular complexity index is 278. The Morgan fingerprint density at radius 1 is 0.810 bits per heavy atom. The van der Waals surface area contributed by atoms with E-state index in [-0.39, 0.29) is 18.7 Å². The third-order valence-corrected chi connectivity index (χ3v) is 2.51. The van der Waals surface area contributed by atoms with Gasteiger partial charge in [-0.25, -0.2) is 9.59 Å². The van der Waals surface area contributed by atoms with Crippen LogP contribution in [0.4, 0.5) is 0 Å². The lowest BCUT2D eigenvalue weighted by molar-refractivity contribution is -0.240. The highest BCUT2D eigenvalue weighted by Crippen LogP contribution is 2.06. The van der Waals surface area contributed by atoms with Crippen molar-refractivity contribution in [2.75, 3.05) is 0 Å². The van der Waals surface area contributed by atoms with Gasteiger partial charge in [0.2, 0.25) is 5.91 Å². The van der Waals surface area contributed by atoms with Gasteiger partial charge in [-0.15, -0.1) is 0 Å². The summed E-state index contributed by atoms with van der Waals surface area (Å²) in [4.78, 5) is 36.9. The van der Waals surface area contributed by atoms with Gasteiger partial charge in [-0.3, -0.25) is 4.79 Å². The highest BCUT2D eigenvalue weighted by Gasteiger charge is 2.07. The second kappa shape index (κ2) is 16.4. The van der Waals surface area contributed by atoms with E-state index in [4.69, 9.17) is 16.2 Å². The Kier molecular flexibility index (Phi) is 16.9. The van der Waals surface area contributed by atoms with Crippen LogP contribution >= 0.6 is 0 Å². The van der Waals surface area contributed by atoms with Crippen LogP contribution in [0.5, 0.6) is 0 Å². The molecular weight excluding hydrogens is 282 g/mol. The van der Waals surface area contributed by atoms with Crippen molar-refractivity contribution in [2.45, 2.75) is 64.7 Å². The first kappa shape index (κ1) is 21.6. The Balaban J connectivity index is 0. The lowest BCUT2D eigenvalue weighted by atomic mass is 10.1. The van der Waals surface area contributed by atoms with E-state index in [0.717, 1.165) is 12.8 Å². The molecule has 0 atom stereocenters. The van der Waals surface area contributed by atoms with Gasteiger partial charge in [0.1, 0.15) is 0 Å². The van der Waals surface area contributed by atoms with Crippen molar-refractivity contribution in [2.24, 2.45) is 5.73 Å². The molecule has 0 saturated heterocycles. The zero-order valence-electron chi connectivity index (χ0n) is 12.4. The van der Waals surface area contributed by atoms with Gasteiger partial charge in [0.25, 0.3) is 0 Å². The average molecular weight is 307 g/mol. The highest BCUT2D eigenvalue weighted by atomic mass is 17.1. The maximum atomic E-state index is 10.3. The molecule has 0 fully saturated rings. The minimum Gasteiger partial charge on any atom is -0.370 e. The van der Waals surface area contributed by atoms with E-state index in [1.165, 1.54) is 25.7 Å². The van der Waals surface area contributed by atoms with Gasteiger partial charge in [0.15, 0.2) is 0 Å². The third kappa shape index (κ3) is 20.8. The molecular formula is C13H25NO7. The van der Waals surface area contributed by atoms with Crippen molar-refractivity contribution in [1.29, 1.82) is 0 Å². The first-order valence-electron chi connectivity index (χ1n) is 6.94. The fraction of sp³-hybridized carbons (Fsp3) is 0.769. The lowest BCUT2D eigenvalue weighted by Gasteiger charge is -1.97. The standard InChI is InChI=1S/C9H19NO.C4H6O6/c1-2-3-4-5-6-7-8-9(10)11;5-3(9-7)1-2-4(6)10-8/h2-8H2,1H3,(H2,10,11);7-8H,1-2H2. The summed E-state index contributed by atoms with van der Waals surface area (Å²) in [7, 11) is 0. The number of unbranched alkanes of at least 4 members (excludes halogenated alkanes) is 5. The molecule has 0 bridgehead atoms. The Labute approximate surface area is 124 Å². The molecule has 0 radical (unpaired) electrons. The molecule has 0 aliphatic carbocycles. The molecule has 0 aromatic rings. The van der Waals surface area contributed by atoms with Gasteiger partial charge in [0, 0.05) is 6.42 Å². The predicted molar refractivity (Wildman–Crippen MR) is 73.9 cm³/mol. The van der Waals surface area contributed by atoms with E-state index in [1.54, 1.807) is 0 Å². The topological polar surface area (TPSA) is 136 Å². The van der Waals surface area contributed by atoms with Crippen LogP contribution in [0.2, 0.25) is 0 Å². The first-order valence-corrected chi connectivity index (χ1v) is 6.94. The Hall–Kier alpha value is -1.67. The zero-order valence-corrected chi connectivity index (χ0v) is 12.4. The molecule has 8 nitrogen and oxygen atoms in total. The predicted octanol–water partition coefficient (Wildman–Crippen LogP) is 2.02. The van der Waals surface area contributed by atoms with Gasteiger partial charge in [-0.2, -0.15) is 10.5 Å². The van der Waals surface area contributed by atoms with Crippen molar-refractivity contribution in [3.63, 3.8) is 0 Å². The van der Waals surface area contributed by atoms with E-state index < -0.39 is 11.9 Å². The summed E-state index contributed by atoms with van der Waals surface area (Å²) in [6.45, 7) is 2.20. The van der Waals surface area contributed by atoms with E-state index in [1.807, 2.05) is 0 Å². The first-order chi connectivity index (χ1) is 9.97. The van der Waals surface area contributed by atoms with Crippen LogP contribution in [0.25, 0.3) is 0 Å². The number of rotatable bonds is 10. The van der Waals surface area contributed by atoms with Crippen LogP contribution in [0.15, 0.2) is 0 Å². The van der Waals surface area contributed by atoms with Crippen LogP contribution in [0.3, 0.4) is 0 Å². The summed E-state index contributed by atoms with van der Waals surface area (Å²) >= 11 is 0. The molecule has 0 aliphatic rings. The molecule has 4 N–H and O–H groups in total. The summed E-state index contributed by atoms with van der Waals surface area (Å²) in [5.74, 6) is -2.07. The lowest BCUT2D eigenvalue weighted by Crippen LogP contribution is -2.09. The van der Waals surface area contributed by atoms with Crippen molar-refractivity contribution < 1.29 is 34.7 Å². The Morgan fingerprint density at radius 3 is 1.62 bits per heavy atom. The number of amides is 1. The molecule has 0 saturated carbocycles. The summed E-state index contributed by atoms with van der Waals surface area (Å²) in [6, 6.07) is 0. The largest absolute Gasteiger partial charge is 0.370 e. The molecule has 0 heterocycles. The smallest absolute Gasteiger partial charge is 0.342 e. The number of hydrogen-bond donors (Lipinski definition) is 3. The van der Waals surface area contributed by atoms with Crippen molar-refractivity contribution >= 4 is 17.8 Å². The number of primary amides is 1. The molecule has 0 unspecified atom stereocenters. The molecule has 1 amide bonds. The van der Waals surface area contributed by atoms with Crippen LogP contribution in [-0.4, -0.2) is 28.4 Å². The van der Waals surface area contributed by atoms with Crippen molar-refractivity contribution in [3.8, 4) is 0 Å². The van der Waals surface area contributed by atoms with Gasteiger partial charge in [-0.1, -0.05) is 39.0 Å². The molecule has 8 heteroatoms. The Morgan fingerprint density at radius 2 is 1.24 bits per heavy atom. The van der Waals surface area contributed by atoms with Gasteiger partial charge in [0.05, 0.1) is 12.8 Å². The minimum absolute atomic E-state index is 0.166. The maximum absolute atomic E-state index is 10.3. The molecule has 0 aromatic heterocycles. The number of carbonyl (C=O) groups is 3. The third-order valence-electron chi connectivity index (χ3n) is 2.51. The number of nitrogens with two attached hydrogens (primary N) is 1. The van der Waals surface area contributed by atoms with Gasteiger partial charge < -0.3 is 15.5 Å². The SMILES string of the molecule is CCCCCCCCC(N)=O.O=C(CCC(=O)OO)OO. The van der Waals surface area contributed by atoms with Crippen LogP contribution in [0, 0.1) is 0 Å². The monoisotopic (exact) mass is 307 g/mol. The van der Waals surface area contributed by atoms with E-state index in [9.17, 15) is 14.4 Å². The fourth-order valence-corrected chi connectivity index (χ4v) is 1.37. The minimum atomic E-state index is -0.953. The van der Waals surface area contributed by atoms with Crippen LogP contribution in [-0.2, 0) is 24.2 Å². The van der Waals surface area contributed by atoms with Crippen molar-refractivity contribution in [1.82, 2.24) is 0 Å². The second-order valence-electron chi connectivity index (χ2n) is 4.41. The summed E-state index contributed by atoms with van der Waals surface area (Å²) < 4.78 is 0. The maximum Gasteiger partial charge on any atom is 0.342 e. The average Bonchev–Trinajstić information content (AvgIpc) is 2.48. The van der Waals surface area contributed by atoms with E-state index in [2.05, 4.69) is 16.7 Å². The van der Waals surface area contributed by atoms with Gasteiger partial charge >= 0.3 is 11.9 Å². The summed E-state index contributed by atoms with van der Waals surface area (Å²) in [5, 5.41) is 15.3. The molecule has 21 heavy (non-hydrogen) atoms. The zero-order chi connectivity index (χ0) is 16.5. The molecule has 0 spiro atoms. The number of hydrogen-bond acceptors (Lipinski definition) is 7. The van der Waals surface area contributed by atoms with E-state index in [0.29, 0.717) is 6.42 Å². The molecule has 124 valence electrons. The van der Waals surface area contributed by atoms with E-state index >= 15 is 0 Å². The van der Waals surface area contributed by atoms with Crippen LogP contribution < -0.4 is 5.73 Å². The van der Waals surface area contributed by atoms with Crippen LogP contribution in [0.1, 0.15) is 64.7 Å². The van der Waals surface area contributed by atoms with Crippen molar-refractivity contribution in [3.05, 3.63) is 0 Å². The fourth-order valence-electron chi connectivity index (χ4n) is 1.37. The highest BCUT2D eigenvalue weighted by molar-refractivity contribution is 5.76. The molecule has 0 aliphatic heterocycles. The number of carbonyl (C=O) groups excluding carboxylic acids is 3. The second-order valence-corrected chi connectivity index (χ2v) is 4.41. The normalized spacial score (nSPS) is 9.29.